The molecule has 1 rings (SSSR count). The molecule has 1 N–H and O–H groups in total. The number of carboxylic acid groups (broad SMARTS) is 1. The lowest BCUT2D eigenvalue weighted by Gasteiger charge is -2.39. The highest BCUT2D eigenvalue weighted by Crippen LogP contribution is 2.09. The van der Waals surface area contributed by atoms with Crippen LogP contribution in [0.2, 0.25) is 0 Å². The van der Waals surface area contributed by atoms with Gasteiger partial charge in [0, 0.05) is 39.1 Å². The molecule has 0 aliphatic carbocycles. The van der Waals surface area contributed by atoms with Crippen LogP contribution in [0.1, 0.15) is 20.3 Å². The number of carbonyl (C=O) groups excluding carboxylic acids is 1. The topological polar surface area (TPSA) is 60.9 Å². The second kappa shape index (κ2) is 5.11. The predicted molar refractivity (Wildman–Crippen MR) is 55.5 cm³/mol. The van der Waals surface area contributed by atoms with Gasteiger partial charge < -0.3 is 10.0 Å². The maximum absolute atomic E-state index is 11.2. The Labute approximate surface area is 89.7 Å². The van der Waals surface area contributed by atoms with E-state index < -0.39 is 5.97 Å². The third kappa shape index (κ3) is 3.51. The molecule has 0 radical (unpaired) electrons. The Morgan fingerprint density at radius 2 is 2.07 bits per heavy atom. The van der Waals surface area contributed by atoms with Crippen LogP contribution in [0.15, 0.2) is 0 Å². The van der Waals surface area contributed by atoms with E-state index in [1.807, 2.05) is 11.8 Å². The average molecular weight is 214 g/mol. The third-order valence-electron chi connectivity index (χ3n) is 2.76. The van der Waals surface area contributed by atoms with E-state index in [0.29, 0.717) is 13.1 Å². The zero-order chi connectivity index (χ0) is 11.4. The molecular formula is C10H18N2O3. The van der Waals surface area contributed by atoms with Crippen molar-refractivity contribution in [3.63, 3.8) is 0 Å². The van der Waals surface area contributed by atoms with Gasteiger partial charge in [0.1, 0.15) is 0 Å². The Kier molecular flexibility index (Phi) is 4.08. The van der Waals surface area contributed by atoms with E-state index in [4.69, 9.17) is 5.11 Å². The largest absolute Gasteiger partial charge is 0.481 e. The second-order valence-corrected chi connectivity index (χ2v) is 4.01. The number of piperazine rings is 1. The standard InChI is InChI=1S/C10H18N2O3/c1-8-7-11(4-3-10(14)15)5-6-12(8)9(2)13/h8H,3-7H2,1-2H3,(H,14,15). The van der Waals surface area contributed by atoms with Crippen molar-refractivity contribution in [3.8, 4) is 0 Å². The fourth-order valence-electron chi connectivity index (χ4n) is 1.96. The summed E-state index contributed by atoms with van der Waals surface area (Å²) in [7, 11) is 0. The molecule has 0 saturated carbocycles. The van der Waals surface area contributed by atoms with Crippen molar-refractivity contribution in [1.82, 2.24) is 9.80 Å². The van der Waals surface area contributed by atoms with Crippen LogP contribution in [0.4, 0.5) is 0 Å². The molecule has 0 aromatic rings. The molecule has 0 aromatic heterocycles. The van der Waals surface area contributed by atoms with Crippen LogP contribution in [0.3, 0.4) is 0 Å². The quantitative estimate of drug-likeness (QED) is 0.719. The van der Waals surface area contributed by atoms with Gasteiger partial charge in [-0.05, 0) is 6.92 Å². The zero-order valence-corrected chi connectivity index (χ0v) is 9.27. The summed E-state index contributed by atoms with van der Waals surface area (Å²) in [5.41, 5.74) is 0. The number of hydrogen-bond acceptors (Lipinski definition) is 3. The van der Waals surface area contributed by atoms with Crippen molar-refractivity contribution in [2.24, 2.45) is 0 Å². The van der Waals surface area contributed by atoms with Crippen molar-refractivity contribution in [3.05, 3.63) is 0 Å². The van der Waals surface area contributed by atoms with E-state index >= 15 is 0 Å². The maximum Gasteiger partial charge on any atom is 0.304 e. The normalized spacial score (nSPS) is 22.8. The van der Waals surface area contributed by atoms with E-state index in [9.17, 15) is 9.59 Å². The lowest BCUT2D eigenvalue weighted by atomic mass is 10.2. The fraction of sp³-hybridized carbons (Fsp3) is 0.800. The summed E-state index contributed by atoms with van der Waals surface area (Å²) in [5, 5.41) is 8.56. The van der Waals surface area contributed by atoms with Crippen molar-refractivity contribution < 1.29 is 14.7 Å². The third-order valence-corrected chi connectivity index (χ3v) is 2.76. The van der Waals surface area contributed by atoms with Gasteiger partial charge in [0.25, 0.3) is 0 Å². The minimum Gasteiger partial charge on any atom is -0.481 e. The molecule has 0 aromatic carbocycles. The van der Waals surface area contributed by atoms with Gasteiger partial charge in [-0.15, -0.1) is 0 Å². The summed E-state index contributed by atoms with van der Waals surface area (Å²) >= 11 is 0. The Hall–Kier alpha value is -1.10. The zero-order valence-electron chi connectivity index (χ0n) is 9.27. The first-order chi connectivity index (χ1) is 7.00. The molecule has 1 unspecified atom stereocenters. The van der Waals surface area contributed by atoms with Crippen molar-refractivity contribution in [2.45, 2.75) is 26.3 Å². The summed E-state index contributed by atoms with van der Waals surface area (Å²) in [6.07, 6.45) is 0.173. The van der Waals surface area contributed by atoms with Crippen molar-refractivity contribution in [1.29, 1.82) is 0 Å². The molecule has 0 bridgehead atoms. The number of nitrogens with zero attached hydrogens (tertiary/aromatic N) is 2. The molecule has 5 heteroatoms. The number of hydrogen-bond donors (Lipinski definition) is 1. The summed E-state index contributed by atoms with van der Waals surface area (Å²) in [5.74, 6) is -0.669. The highest BCUT2D eigenvalue weighted by Gasteiger charge is 2.25. The molecule has 1 heterocycles. The number of carbonyl (C=O) groups is 2. The number of carboxylic acids is 1. The second-order valence-electron chi connectivity index (χ2n) is 4.01. The molecule has 1 aliphatic rings. The number of rotatable bonds is 3. The first-order valence-electron chi connectivity index (χ1n) is 5.22. The van der Waals surface area contributed by atoms with Crippen LogP contribution >= 0.6 is 0 Å². The summed E-state index contributed by atoms with van der Waals surface area (Å²) < 4.78 is 0. The predicted octanol–water partition coefficient (Wildman–Crippen LogP) is 0.0137. The lowest BCUT2D eigenvalue weighted by Crippen LogP contribution is -2.53. The van der Waals surface area contributed by atoms with Gasteiger partial charge in [0.15, 0.2) is 0 Å². The van der Waals surface area contributed by atoms with Crippen LogP contribution in [0, 0.1) is 0 Å². The highest BCUT2D eigenvalue weighted by molar-refractivity contribution is 5.73. The first kappa shape index (κ1) is 12.0. The maximum atomic E-state index is 11.2. The molecule has 1 aliphatic heterocycles. The number of aliphatic carboxylic acids is 1. The Balaban J connectivity index is 2.37. The highest BCUT2D eigenvalue weighted by atomic mass is 16.4. The van der Waals surface area contributed by atoms with Gasteiger partial charge in [-0.2, -0.15) is 0 Å². The van der Waals surface area contributed by atoms with Gasteiger partial charge >= 0.3 is 5.97 Å². The SMILES string of the molecule is CC(=O)N1CCN(CCC(=O)O)CC1C. The Bertz CT molecular complexity index is 255. The molecule has 86 valence electrons. The van der Waals surface area contributed by atoms with Crippen LogP contribution in [0.25, 0.3) is 0 Å². The molecule has 1 amide bonds. The Morgan fingerprint density at radius 3 is 2.53 bits per heavy atom. The average Bonchev–Trinajstić information content (AvgIpc) is 2.14. The molecule has 1 saturated heterocycles. The molecule has 1 fully saturated rings. The summed E-state index contributed by atoms with van der Waals surface area (Å²) in [6, 6.07) is 0.185. The van der Waals surface area contributed by atoms with Crippen LogP contribution in [0.5, 0.6) is 0 Å². The summed E-state index contributed by atoms with van der Waals surface area (Å²) in [6.45, 7) is 6.39. The van der Waals surface area contributed by atoms with E-state index in [0.717, 1.165) is 13.1 Å². The minimum absolute atomic E-state index is 0.0976. The van der Waals surface area contributed by atoms with Crippen LogP contribution < -0.4 is 0 Å². The van der Waals surface area contributed by atoms with Gasteiger partial charge in [-0.25, -0.2) is 0 Å². The van der Waals surface area contributed by atoms with Gasteiger partial charge in [-0.3, -0.25) is 14.5 Å². The molecular weight excluding hydrogens is 196 g/mol. The monoisotopic (exact) mass is 214 g/mol. The molecule has 1 atom stereocenters. The van der Waals surface area contributed by atoms with Crippen molar-refractivity contribution in [2.75, 3.05) is 26.2 Å². The van der Waals surface area contributed by atoms with Gasteiger partial charge in [0.05, 0.1) is 6.42 Å². The Morgan fingerprint density at radius 1 is 1.40 bits per heavy atom. The number of amides is 1. The molecule has 0 spiro atoms. The van der Waals surface area contributed by atoms with E-state index in [1.165, 1.54) is 0 Å². The van der Waals surface area contributed by atoms with Crippen LogP contribution in [-0.2, 0) is 9.59 Å². The van der Waals surface area contributed by atoms with Gasteiger partial charge in [-0.1, -0.05) is 0 Å². The van der Waals surface area contributed by atoms with Gasteiger partial charge in [0.2, 0.25) is 5.91 Å². The lowest BCUT2D eigenvalue weighted by molar-refractivity contribution is -0.138. The molecule has 15 heavy (non-hydrogen) atoms. The van der Waals surface area contributed by atoms with E-state index in [1.54, 1.807) is 6.92 Å². The van der Waals surface area contributed by atoms with E-state index in [2.05, 4.69) is 4.90 Å². The summed E-state index contributed by atoms with van der Waals surface area (Å²) in [4.78, 5) is 25.5. The smallest absolute Gasteiger partial charge is 0.304 e. The fourth-order valence-corrected chi connectivity index (χ4v) is 1.96. The van der Waals surface area contributed by atoms with Crippen molar-refractivity contribution >= 4 is 11.9 Å². The first-order valence-corrected chi connectivity index (χ1v) is 5.22. The van der Waals surface area contributed by atoms with Crippen LogP contribution in [-0.4, -0.2) is 59.0 Å². The minimum atomic E-state index is -0.767. The molecule has 5 nitrogen and oxygen atoms in total. The van der Waals surface area contributed by atoms with E-state index in [-0.39, 0.29) is 18.4 Å².